The Kier molecular flexibility index (Phi) is 4.51. The number of rotatable bonds is 4. The van der Waals surface area contributed by atoms with Crippen molar-refractivity contribution in [2.45, 2.75) is 38.1 Å². The molecule has 0 saturated carbocycles. The van der Waals surface area contributed by atoms with Crippen LogP contribution in [0.25, 0.3) is 11.4 Å². The molecule has 21 heavy (non-hydrogen) atoms. The lowest BCUT2D eigenvalue weighted by Crippen LogP contribution is -2.34. The number of aryl methyl sites for hydroxylation is 1. The van der Waals surface area contributed by atoms with Gasteiger partial charge in [0.15, 0.2) is 0 Å². The summed E-state index contributed by atoms with van der Waals surface area (Å²) < 4.78 is 18.3. The highest BCUT2D eigenvalue weighted by atomic mass is 35.5. The number of hydrogen-bond donors (Lipinski definition) is 1. The Morgan fingerprint density at radius 3 is 3.05 bits per heavy atom. The van der Waals surface area contributed by atoms with Gasteiger partial charge in [-0.2, -0.15) is 4.98 Å². The van der Waals surface area contributed by atoms with E-state index >= 15 is 0 Å². The SMILES string of the molecule is Fc1ccc(-c2noc(CCC3CCCCN3)n2)c(Cl)c1. The maximum absolute atomic E-state index is 13.0. The molecule has 0 spiro atoms. The summed E-state index contributed by atoms with van der Waals surface area (Å²) in [5.74, 6) is 0.625. The normalized spacial score (nSPS) is 18.9. The van der Waals surface area contributed by atoms with Crippen LogP contribution in [0.1, 0.15) is 31.6 Å². The molecule has 1 saturated heterocycles. The van der Waals surface area contributed by atoms with Crippen molar-refractivity contribution in [2.24, 2.45) is 0 Å². The van der Waals surface area contributed by atoms with Crippen LogP contribution in [-0.2, 0) is 6.42 Å². The molecule has 0 aliphatic carbocycles. The molecule has 1 unspecified atom stereocenters. The highest BCUT2D eigenvalue weighted by Crippen LogP contribution is 2.26. The van der Waals surface area contributed by atoms with Gasteiger partial charge < -0.3 is 9.84 Å². The summed E-state index contributed by atoms with van der Waals surface area (Å²) >= 11 is 6.00. The fourth-order valence-corrected chi connectivity index (χ4v) is 2.86. The maximum atomic E-state index is 13.0. The number of hydrogen-bond acceptors (Lipinski definition) is 4. The molecule has 1 aromatic carbocycles. The predicted molar refractivity (Wildman–Crippen MR) is 78.7 cm³/mol. The summed E-state index contributed by atoms with van der Waals surface area (Å²) in [7, 11) is 0. The fraction of sp³-hybridized carbons (Fsp3) is 0.467. The Morgan fingerprint density at radius 2 is 2.29 bits per heavy atom. The van der Waals surface area contributed by atoms with Crippen LogP contribution in [0.3, 0.4) is 0 Å². The molecule has 1 N–H and O–H groups in total. The second-order valence-corrected chi connectivity index (χ2v) is 5.73. The molecule has 1 aliphatic rings. The van der Waals surface area contributed by atoms with Crippen molar-refractivity contribution in [1.29, 1.82) is 0 Å². The van der Waals surface area contributed by atoms with Gasteiger partial charge in [0.2, 0.25) is 11.7 Å². The van der Waals surface area contributed by atoms with Gasteiger partial charge in [0.05, 0.1) is 5.02 Å². The molecule has 2 aromatic rings. The summed E-state index contributed by atoms with van der Waals surface area (Å²) in [6.45, 7) is 1.09. The molecule has 112 valence electrons. The monoisotopic (exact) mass is 309 g/mol. The number of nitrogens with one attached hydrogen (secondary N) is 1. The van der Waals surface area contributed by atoms with Crippen LogP contribution in [-0.4, -0.2) is 22.7 Å². The molecule has 2 heterocycles. The molecule has 3 rings (SSSR count). The van der Waals surface area contributed by atoms with Crippen molar-refractivity contribution >= 4 is 11.6 Å². The van der Waals surface area contributed by atoms with Gasteiger partial charge in [-0.1, -0.05) is 23.2 Å². The average molecular weight is 310 g/mol. The molecular weight excluding hydrogens is 293 g/mol. The highest BCUT2D eigenvalue weighted by Gasteiger charge is 2.16. The van der Waals surface area contributed by atoms with Crippen molar-refractivity contribution in [3.05, 3.63) is 34.9 Å². The first-order chi connectivity index (χ1) is 10.2. The number of halogens is 2. The summed E-state index contributed by atoms with van der Waals surface area (Å²) in [6.07, 6.45) is 5.45. The molecule has 0 bridgehead atoms. The van der Waals surface area contributed by atoms with Crippen LogP contribution in [0.5, 0.6) is 0 Å². The minimum Gasteiger partial charge on any atom is -0.339 e. The largest absolute Gasteiger partial charge is 0.339 e. The third-order valence-electron chi connectivity index (χ3n) is 3.76. The summed E-state index contributed by atoms with van der Waals surface area (Å²) in [6, 6.07) is 4.68. The minimum atomic E-state index is -0.379. The summed E-state index contributed by atoms with van der Waals surface area (Å²) in [4.78, 5) is 4.34. The van der Waals surface area contributed by atoms with Crippen LogP contribution >= 0.6 is 11.6 Å². The van der Waals surface area contributed by atoms with Gasteiger partial charge in [-0.3, -0.25) is 0 Å². The minimum absolute atomic E-state index is 0.288. The number of nitrogens with zero attached hydrogens (tertiary/aromatic N) is 2. The summed E-state index contributed by atoms with van der Waals surface area (Å²) in [5.41, 5.74) is 0.587. The Balaban J connectivity index is 1.65. The molecule has 1 atom stereocenters. The number of benzene rings is 1. The molecule has 4 nitrogen and oxygen atoms in total. The van der Waals surface area contributed by atoms with E-state index in [2.05, 4.69) is 15.5 Å². The maximum Gasteiger partial charge on any atom is 0.227 e. The van der Waals surface area contributed by atoms with E-state index in [1.165, 1.54) is 31.4 Å². The van der Waals surface area contributed by atoms with E-state index in [1.807, 2.05) is 0 Å². The van der Waals surface area contributed by atoms with Crippen LogP contribution < -0.4 is 5.32 Å². The fourth-order valence-electron chi connectivity index (χ4n) is 2.60. The quantitative estimate of drug-likeness (QED) is 0.937. The number of aromatic nitrogens is 2. The van der Waals surface area contributed by atoms with E-state index < -0.39 is 0 Å². The second-order valence-electron chi connectivity index (χ2n) is 5.32. The zero-order valence-corrected chi connectivity index (χ0v) is 12.4. The smallest absolute Gasteiger partial charge is 0.227 e. The molecule has 1 aromatic heterocycles. The Bertz CT molecular complexity index is 611. The highest BCUT2D eigenvalue weighted by molar-refractivity contribution is 6.33. The molecule has 6 heteroatoms. The van der Waals surface area contributed by atoms with Crippen LogP contribution in [0.15, 0.2) is 22.7 Å². The predicted octanol–water partition coefficient (Wildman–Crippen LogP) is 3.60. The Labute approximate surface area is 127 Å². The van der Waals surface area contributed by atoms with Crippen LogP contribution in [0, 0.1) is 5.82 Å². The van der Waals surface area contributed by atoms with Crippen molar-refractivity contribution in [3.63, 3.8) is 0 Å². The summed E-state index contributed by atoms with van der Waals surface area (Å²) in [5, 5.41) is 7.71. The zero-order valence-electron chi connectivity index (χ0n) is 11.6. The van der Waals surface area contributed by atoms with E-state index in [4.69, 9.17) is 16.1 Å². The topological polar surface area (TPSA) is 51.0 Å². The van der Waals surface area contributed by atoms with Crippen molar-refractivity contribution in [2.75, 3.05) is 6.54 Å². The molecule has 0 amide bonds. The number of piperidine rings is 1. The third-order valence-corrected chi connectivity index (χ3v) is 4.07. The van der Waals surface area contributed by atoms with Gasteiger partial charge in [-0.05, 0) is 44.0 Å². The van der Waals surface area contributed by atoms with Crippen molar-refractivity contribution in [3.8, 4) is 11.4 Å². The third kappa shape index (κ3) is 3.60. The van der Waals surface area contributed by atoms with E-state index in [0.717, 1.165) is 19.4 Å². The standard InChI is InChI=1S/C15H17ClFN3O/c16-13-9-10(17)4-6-12(13)15-19-14(21-20-15)7-5-11-3-1-2-8-18-11/h4,6,9,11,18H,1-3,5,7-8H2. The second kappa shape index (κ2) is 6.54. The van der Waals surface area contributed by atoms with Gasteiger partial charge >= 0.3 is 0 Å². The van der Waals surface area contributed by atoms with Gasteiger partial charge in [-0.25, -0.2) is 4.39 Å². The van der Waals surface area contributed by atoms with Crippen LogP contribution in [0.4, 0.5) is 4.39 Å². The Morgan fingerprint density at radius 1 is 1.38 bits per heavy atom. The van der Waals surface area contributed by atoms with Gasteiger partial charge in [0.1, 0.15) is 5.82 Å². The zero-order chi connectivity index (χ0) is 14.7. The van der Waals surface area contributed by atoms with E-state index in [9.17, 15) is 4.39 Å². The van der Waals surface area contributed by atoms with Gasteiger partial charge in [-0.15, -0.1) is 0 Å². The first-order valence-electron chi connectivity index (χ1n) is 7.24. The Hall–Kier alpha value is -1.46. The lowest BCUT2D eigenvalue weighted by molar-refractivity contribution is 0.342. The van der Waals surface area contributed by atoms with Gasteiger partial charge in [0, 0.05) is 18.0 Å². The van der Waals surface area contributed by atoms with E-state index in [1.54, 1.807) is 6.07 Å². The van der Waals surface area contributed by atoms with Crippen LogP contribution in [0.2, 0.25) is 5.02 Å². The first kappa shape index (κ1) is 14.5. The molecule has 1 fully saturated rings. The average Bonchev–Trinajstić information content (AvgIpc) is 2.95. The lowest BCUT2D eigenvalue weighted by atomic mass is 10.0. The van der Waals surface area contributed by atoms with E-state index in [-0.39, 0.29) is 10.8 Å². The van der Waals surface area contributed by atoms with E-state index in [0.29, 0.717) is 23.3 Å². The lowest BCUT2D eigenvalue weighted by Gasteiger charge is -2.22. The van der Waals surface area contributed by atoms with Crippen molar-refractivity contribution in [1.82, 2.24) is 15.5 Å². The molecule has 1 aliphatic heterocycles. The first-order valence-corrected chi connectivity index (χ1v) is 7.61. The van der Waals surface area contributed by atoms with Gasteiger partial charge in [0.25, 0.3) is 0 Å². The molecular formula is C15H17ClFN3O. The van der Waals surface area contributed by atoms with Crippen molar-refractivity contribution < 1.29 is 8.91 Å². The molecule has 0 radical (unpaired) electrons.